The van der Waals surface area contributed by atoms with Crippen LogP contribution in [0.25, 0.3) is 0 Å². The van der Waals surface area contributed by atoms with Crippen LogP contribution >= 0.6 is 0 Å². The third-order valence-corrected chi connectivity index (χ3v) is 4.10. The van der Waals surface area contributed by atoms with Crippen molar-refractivity contribution < 1.29 is 19.1 Å². The average Bonchev–Trinajstić information content (AvgIpc) is 2.61. The van der Waals surface area contributed by atoms with Crippen molar-refractivity contribution >= 4 is 17.8 Å². The number of hydrogen-bond acceptors (Lipinski definition) is 6. The summed E-state index contributed by atoms with van der Waals surface area (Å²) in [6.45, 7) is 5.48. The minimum atomic E-state index is -0.925. The number of amidine groups is 1. The van der Waals surface area contributed by atoms with Gasteiger partial charge in [0.1, 0.15) is 11.8 Å². The van der Waals surface area contributed by atoms with E-state index in [2.05, 4.69) is 10.9 Å². The summed E-state index contributed by atoms with van der Waals surface area (Å²) in [6.07, 6.45) is 5.49. The van der Waals surface area contributed by atoms with E-state index in [1.165, 1.54) is 0 Å². The number of carbonyl (C=O) groups excluding carboxylic acids is 2. The molecule has 2 unspecified atom stereocenters. The lowest BCUT2D eigenvalue weighted by Crippen LogP contribution is -2.41. The maximum absolute atomic E-state index is 12.6. The Kier molecular flexibility index (Phi) is 6.18. The van der Waals surface area contributed by atoms with Gasteiger partial charge in [-0.15, -0.1) is 6.42 Å². The molecule has 0 saturated heterocycles. The third kappa shape index (κ3) is 3.77. The molecular weight excluding hydrogens is 332 g/mol. The fraction of sp³-hybridized carbons (Fsp3) is 0.350. The molecule has 136 valence electrons. The highest BCUT2D eigenvalue weighted by atomic mass is 16.5. The molecule has 0 aliphatic carbocycles. The molecule has 0 fully saturated rings. The molecule has 6 heteroatoms. The lowest BCUT2D eigenvalue weighted by molar-refractivity contribution is -0.146. The van der Waals surface area contributed by atoms with E-state index < -0.39 is 23.8 Å². The molecule has 1 aromatic carbocycles. The summed E-state index contributed by atoms with van der Waals surface area (Å²) in [6, 6.07) is 7.08. The van der Waals surface area contributed by atoms with Gasteiger partial charge in [-0.3, -0.25) is 4.79 Å². The molecule has 0 bridgehead atoms. The Balaban J connectivity index is 2.65. The van der Waals surface area contributed by atoms with Crippen LogP contribution in [0.1, 0.15) is 37.8 Å². The zero-order chi connectivity index (χ0) is 19.3. The number of aliphatic imine (C=N–C) groups is 1. The second-order valence-electron chi connectivity index (χ2n) is 5.73. The van der Waals surface area contributed by atoms with Crippen LogP contribution in [0.2, 0.25) is 0 Å². The van der Waals surface area contributed by atoms with Gasteiger partial charge in [0.05, 0.1) is 24.5 Å². The van der Waals surface area contributed by atoms with Gasteiger partial charge >= 0.3 is 11.9 Å². The predicted octanol–water partition coefficient (Wildman–Crippen LogP) is 2.14. The van der Waals surface area contributed by atoms with E-state index in [1.54, 1.807) is 45.0 Å². The molecular formula is C20H22N2O4. The predicted molar refractivity (Wildman–Crippen MR) is 98.2 cm³/mol. The topological polar surface area (TPSA) is 91.0 Å². The number of carbonyl (C=O) groups is 2. The largest absolute Gasteiger partial charge is 0.465 e. The lowest BCUT2D eigenvalue weighted by atomic mass is 9.77. The van der Waals surface area contributed by atoms with Crippen LogP contribution in [0.4, 0.5) is 0 Å². The number of terminal acetylenes is 1. The molecule has 6 nitrogen and oxygen atoms in total. The monoisotopic (exact) mass is 354 g/mol. The van der Waals surface area contributed by atoms with E-state index in [-0.39, 0.29) is 24.6 Å². The highest BCUT2D eigenvalue weighted by molar-refractivity contribution is 6.06. The van der Waals surface area contributed by atoms with Gasteiger partial charge < -0.3 is 15.2 Å². The molecule has 0 radical (unpaired) electrons. The first-order chi connectivity index (χ1) is 12.4. The first-order valence-corrected chi connectivity index (χ1v) is 8.39. The Morgan fingerprint density at radius 3 is 2.58 bits per heavy atom. The molecule has 2 N–H and O–H groups in total. The van der Waals surface area contributed by atoms with Gasteiger partial charge in [-0.1, -0.05) is 18.1 Å². The summed E-state index contributed by atoms with van der Waals surface area (Å²) in [5.74, 6) is -0.0251. The molecule has 1 aliphatic heterocycles. The third-order valence-electron chi connectivity index (χ3n) is 4.10. The molecule has 1 aromatic rings. The first-order valence-electron chi connectivity index (χ1n) is 8.39. The van der Waals surface area contributed by atoms with Crippen LogP contribution in [0.15, 0.2) is 40.5 Å². The second-order valence-corrected chi connectivity index (χ2v) is 5.73. The van der Waals surface area contributed by atoms with Crippen molar-refractivity contribution in [2.45, 2.75) is 26.7 Å². The number of hydrogen-bond donors (Lipinski definition) is 1. The van der Waals surface area contributed by atoms with Crippen molar-refractivity contribution in [2.24, 2.45) is 16.6 Å². The Morgan fingerprint density at radius 1 is 1.27 bits per heavy atom. The van der Waals surface area contributed by atoms with Crippen molar-refractivity contribution in [2.75, 3.05) is 13.2 Å². The van der Waals surface area contributed by atoms with Gasteiger partial charge in [0.25, 0.3) is 0 Å². The average molecular weight is 354 g/mol. The van der Waals surface area contributed by atoms with Crippen LogP contribution < -0.4 is 5.73 Å². The molecule has 0 saturated carbocycles. The molecule has 1 aliphatic rings. The fourth-order valence-electron chi connectivity index (χ4n) is 3.04. The van der Waals surface area contributed by atoms with Crippen LogP contribution in [0.3, 0.4) is 0 Å². The number of ether oxygens (including phenoxy) is 2. The van der Waals surface area contributed by atoms with Crippen LogP contribution in [-0.2, 0) is 19.1 Å². The van der Waals surface area contributed by atoms with Gasteiger partial charge in [-0.05, 0) is 38.5 Å². The van der Waals surface area contributed by atoms with E-state index in [0.717, 1.165) is 0 Å². The zero-order valence-electron chi connectivity index (χ0n) is 15.1. The number of esters is 2. The number of allylic oxidation sites excluding steroid dienone is 1. The second kappa shape index (κ2) is 8.34. The van der Waals surface area contributed by atoms with Crippen LogP contribution in [-0.4, -0.2) is 31.0 Å². The Morgan fingerprint density at radius 2 is 1.96 bits per heavy atom. The highest BCUT2D eigenvalue weighted by Gasteiger charge is 2.43. The minimum Gasteiger partial charge on any atom is -0.465 e. The normalized spacial score (nSPS) is 19.4. The van der Waals surface area contributed by atoms with E-state index in [9.17, 15) is 9.59 Å². The van der Waals surface area contributed by atoms with Crippen molar-refractivity contribution in [3.8, 4) is 12.3 Å². The van der Waals surface area contributed by atoms with Crippen molar-refractivity contribution in [1.29, 1.82) is 0 Å². The number of rotatable bonds is 5. The highest BCUT2D eigenvalue weighted by Crippen LogP contribution is 2.39. The van der Waals surface area contributed by atoms with Crippen molar-refractivity contribution in [1.82, 2.24) is 0 Å². The summed E-state index contributed by atoms with van der Waals surface area (Å²) in [7, 11) is 0. The van der Waals surface area contributed by atoms with Crippen LogP contribution in [0, 0.1) is 18.3 Å². The number of nitrogens with two attached hydrogens (primary N) is 1. The van der Waals surface area contributed by atoms with Gasteiger partial charge in [-0.2, -0.15) is 0 Å². The first kappa shape index (κ1) is 19.3. The quantitative estimate of drug-likeness (QED) is 0.646. The summed E-state index contributed by atoms with van der Waals surface area (Å²) in [5, 5.41) is 0. The van der Waals surface area contributed by atoms with Gasteiger partial charge in [0.15, 0.2) is 0 Å². The Hall–Kier alpha value is -3.07. The Bertz CT molecular complexity index is 817. The smallest absolute Gasteiger partial charge is 0.336 e. The molecule has 2 rings (SSSR count). The number of benzene rings is 1. The molecule has 0 spiro atoms. The lowest BCUT2D eigenvalue weighted by Gasteiger charge is -2.31. The van der Waals surface area contributed by atoms with Gasteiger partial charge in [-0.25, -0.2) is 9.79 Å². The maximum atomic E-state index is 12.6. The zero-order valence-corrected chi connectivity index (χ0v) is 15.1. The molecule has 0 aromatic heterocycles. The SMILES string of the molecule is C#Cc1cccc(C2C(C(=O)OCC)=C(C)N=C(N)C2C(=O)OCC)c1. The summed E-state index contributed by atoms with van der Waals surface area (Å²) < 4.78 is 10.4. The molecule has 0 amide bonds. The van der Waals surface area contributed by atoms with Crippen molar-refractivity contribution in [3.63, 3.8) is 0 Å². The van der Waals surface area contributed by atoms with E-state index >= 15 is 0 Å². The Labute approximate surface area is 153 Å². The summed E-state index contributed by atoms with van der Waals surface area (Å²) in [5.41, 5.74) is 8.07. The molecule has 1 heterocycles. The van der Waals surface area contributed by atoms with Gasteiger partial charge in [0, 0.05) is 11.5 Å². The van der Waals surface area contributed by atoms with E-state index in [0.29, 0.717) is 16.8 Å². The fourth-order valence-corrected chi connectivity index (χ4v) is 3.04. The van der Waals surface area contributed by atoms with E-state index in [4.69, 9.17) is 21.6 Å². The van der Waals surface area contributed by atoms with Crippen LogP contribution in [0.5, 0.6) is 0 Å². The van der Waals surface area contributed by atoms with E-state index in [1.807, 2.05) is 0 Å². The standard InChI is InChI=1S/C20H22N2O4/c1-5-13-9-8-10-14(11-13)16-15(19(23)25-6-2)12(4)22-18(21)17(16)20(24)26-7-3/h1,8-11,16-17H,6-7H2,2-4H3,(H2,21,22). The summed E-state index contributed by atoms with van der Waals surface area (Å²) in [4.78, 5) is 29.4. The van der Waals surface area contributed by atoms with Gasteiger partial charge in [0.2, 0.25) is 0 Å². The molecule has 2 atom stereocenters. The number of nitrogens with zero attached hydrogens (tertiary/aromatic N) is 1. The molecule has 26 heavy (non-hydrogen) atoms. The van der Waals surface area contributed by atoms with Crippen molar-refractivity contribution in [3.05, 3.63) is 46.7 Å². The maximum Gasteiger partial charge on any atom is 0.336 e. The summed E-state index contributed by atoms with van der Waals surface area (Å²) >= 11 is 0. The minimum absolute atomic E-state index is 0.102.